The summed E-state index contributed by atoms with van der Waals surface area (Å²) in [7, 11) is 0. The third-order valence-electron chi connectivity index (χ3n) is 13.8. The van der Waals surface area contributed by atoms with Crippen LogP contribution in [-0.4, -0.2) is 4.57 Å². The van der Waals surface area contributed by atoms with E-state index in [2.05, 4.69) is 236 Å². The van der Waals surface area contributed by atoms with Gasteiger partial charge in [-0.05, 0) is 122 Å². The molecule has 0 unspecified atom stereocenters. The molecule has 3 heteroatoms. The van der Waals surface area contributed by atoms with Crippen LogP contribution in [0.15, 0.2) is 223 Å². The first-order chi connectivity index (χ1) is 31.5. The highest BCUT2D eigenvalue weighted by atomic mass is 16.3. The topological polar surface area (TPSA) is 21.3 Å². The average Bonchev–Trinajstić information content (AvgIpc) is 3.98. The smallest absolute Gasteiger partial charge is 0.137 e. The highest BCUT2D eigenvalue weighted by Gasteiger charge is 2.36. The van der Waals surface area contributed by atoms with Crippen molar-refractivity contribution in [2.75, 3.05) is 4.90 Å². The van der Waals surface area contributed by atoms with Gasteiger partial charge in [0.2, 0.25) is 0 Å². The second-order valence-electron chi connectivity index (χ2n) is 17.7. The predicted molar refractivity (Wildman–Crippen MR) is 269 cm³/mol. The number of anilines is 3. The van der Waals surface area contributed by atoms with Crippen molar-refractivity contribution in [3.05, 3.63) is 230 Å². The summed E-state index contributed by atoms with van der Waals surface area (Å²) < 4.78 is 8.94. The Bertz CT molecular complexity index is 3830. The number of aromatic nitrogens is 1. The minimum absolute atomic E-state index is 0.146. The number of fused-ring (bicyclic) bond motifs is 11. The Morgan fingerprint density at radius 2 is 1.08 bits per heavy atom. The summed E-state index contributed by atoms with van der Waals surface area (Å²) >= 11 is 0. The molecule has 0 fully saturated rings. The molecule has 0 spiro atoms. The highest BCUT2D eigenvalue weighted by Crippen LogP contribution is 2.52. The molecule has 0 saturated heterocycles. The summed E-state index contributed by atoms with van der Waals surface area (Å²) in [5.74, 6) is 0. The van der Waals surface area contributed by atoms with Crippen molar-refractivity contribution < 1.29 is 4.42 Å². The Morgan fingerprint density at radius 3 is 1.98 bits per heavy atom. The molecule has 0 saturated carbocycles. The minimum Gasteiger partial charge on any atom is -0.456 e. The number of benzene rings is 10. The van der Waals surface area contributed by atoms with E-state index in [1.54, 1.807) is 0 Å². The zero-order valence-electron chi connectivity index (χ0n) is 35.6. The third-order valence-corrected chi connectivity index (χ3v) is 13.8. The van der Waals surface area contributed by atoms with Crippen molar-refractivity contribution in [3.63, 3.8) is 0 Å². The van der Waals surface area contributed by atoms with E-state index in [9.17, 15) is 0 Å². The minimum atomic E-state index is -0.146. The van der Waals surface area contributed by atoms with Gasteiger partial charge in [-0.3, -0.25) is 0 Å². The van der Waals surface area contributed by atoms with Crippen molar-refractivity contribution in [1.29, 1.82) is 0 Å². The van der Waals surface area contributed by atoms with Gasteiger partial charge in [0.05, 0.1) is 22.1 Å². The van der Waals surface area contributed by atoms with Gasteiger partial charge in [-0.15, -0.1) is 0 Å². The van der Waals surface area contributed by atoms with Gasteiger partial charge in [-0.1, -0.05) is 166 Å². The first-order valence-corrected chi connectivity index (χ1v) is 22.2. The van der Waals surface area contributed by atoms with Crippen LogP contribution in [0.1, 0.15) is 25.0 Å². The predicted octanol–water partition coefficient (Wildman–Crippen LogP) is 16.9. The molecule has 2 heterocycles. The first-order valence-electron chi connectivity index (χ1n) is 22.2. The maximum atomic E-state index is 6.49. The van der Waals surface area contributed by atoms with Crippen LogP contribution in [-0.2, 0) is 5.41 Å². The fourth-order valence-corrected chi connectivity index (χ4v) is 10.8. The van der Waals surface area contributed by atoms with E-state index in [1.165, 1.54) is 66.0 Å². The van der Waals surface area contributed by atoms with Crippen LogP contribution in [0.3, 0.4) is 0 Å². The molecule has 13 rings (SSSR count). The lowest BCUT2D eigenvalue weighted by atomic mass is 9.82. The summed E-state index contributed by atoms with van der Waals surface area (Å²) in [6, 6.07) is 79.7. The molecule has 0 bridgehead atoms. The van der Waals surface area contributed by atoms with E-state index in [0.29, 0.717) is 0 Å². The van der Waals surface area contributed by atoms with E-state index in [1.807, 2.05) is 6.07 Å². The molecule has 10 aromatic carbocycles. The Kier molecular flexibility index (Phi) is 7.95. The fraction of sp³-hybridized carbons (Fsp3) is 0.0492. The van der Waals surface area contributed by atoms with E-state index in [4.69, 9.17) is 4.42 Å². The summed E-state index contributed by atoms with van der Waals surface area (Å²) in [6.07, 6.45) is 0. The molecule has 0 atom stereocenters. The van der Waals surface area contributed by atoms with E-state index >= 15 is 0 Å². The zero-order valence-corrected chi connectivity index (χ0v) is 35.6. The van der Waals surface area contributed by atoms with Gasteiger partial charge in [0.1, 0.15) is 11.2 Å². The average molecular weight is 819 g/mol. The van der Waals surface area contributed by atoms with Gasteiger partial charge in [-0.25, -0.2) is 0 Å². The van der Waals surface area contributed by atoms with Crippen LogP contribution in [0.5, 0.6) is 0 Å². The van der Waals surface area contributed by atoms with Crippen molar-refractivity contribution in [1.82, 2.24) is 4.57 Å². The molecule has 1 aliphatic carbocycles. The normalized spacial score (nSPS) is 13.0. The molecule has 302 valence electrons. The molecule has 0 amide bonds. The van der Waals surface area contributed by atoms with E-state index < -0.39 is 0 Å². The number of hydrogen-bond acceptors (Lipinski definition) is 2. The van der Waals surface area contributed by atoms with E-state index in [-0.39, 0.29) is 5.41 Å². The molecule has 0 radical (unpaired) electrons. The SMILES string of the molecule is CC1(C)c2ccccc2-c2ccc(N(c3cccc(-c4cccc(-n5c6ccccc6c6c7c(-c8ccccc8)cccc7ccc65)c4)c3)c3cccc4oc5ccccc5c34)cc21. The summed E-state index contributed by atoms with van der Waals surface area (Å²) in [5, 5.41) is 7.24. The Labute approximate surface area is 371 Å². The van der Waals surface area contributed by atoms with Crippen molar-refractivity contribution >= 4 is 71.6 Å². The number of para-hydroxylation sites is 2. The number of nitrogens with zero attached hydrogens (tertiary/aromatic N) is 2. The maximum absolute atomic E-state index is 6.49. The molecule has 0 aliphatic heterocycles. The van der Waals surface area contributed by atoms with Gasteiger partial charge in [0.25, 0.3) is 0 Å². The highest BCUT2D eigenvalue weighted by molar-refractivity contribution is 6.25. The van der Waals surface area contributed by atoms with Gasteiger partial charge >= 0.3 is 0 Å². The third kappa shape index (κ3) is 5.41. The van der Waals surface area contributed by atoms with Crippen LogP contribution in [0.2, 0.25) is 0 Å². The second-order valence-corrected chi connectivity index (χ2v) is 17.7. The molecule has 1 aliphatic rings. The maximum Gasteiger partial charge on any atom is 0.137 e. The number of rotatable bonds is 6. The Hall–Kier alpha value is -8.14. The molecular formula is C61H42N2O. The van der Waals surface area contributed by atoms with Gasteiger partial charge in [0, 0.05) is 38.6 Å². The monoisotopic (exact) mass is 818 g/mol. The lowest BCUT2D eigenvalue weighted by molar-refractivity contribution is 0.660. The summed E-state index contributed by atoms with van der Waals surface area (Å²) in [6.45, 7) is 4.71. The molecule has 2 aromatic heterocycles. The molecule has 64 heavy (non-hydrogen) atoms. The summed E-state index contributed by atoms with van der Waals surface area (Å²) in [5.41, 5.74) is 18.4. The van der Waals surface area contributed by atoms with Crippen LogP contribution in [0, 0.1) is 0 Å². The number of furan rings is 1. The first kappa shape index (κ1) is 36.5. The van der Waals surface area contributed by atoms with Crippen molar-refractivity contribution in [2.24, 2.45) is 0 Å². The van der Waals surface area contributed by atoms with Crippen LogP contribution in [0.25, 0.3) is 93.6 Å². The standard InChI is InChI=1S/C61H42N2O/c1-61(2)51-27-9-6-23-47(51)48-34-33-45(38-52(48)61)62(54-29-15-31-57-59(54)50-25-8-11-30-56(50)64-57)43-21-12-19-41(36-43)42-20-13-22-44(37-42)63-53-28-10-7-24-49(53)60-55(63)35-32-40-18-14-26-46(58(40)60)39-16-4-3-5-17-39/h3-38H,1-2H3. The fourth-order valence-electron chi connectivity index (χ4n) is 10.8. The lowest BCUT2D eigenvalue weighted by Crippen LogP contribution is -2.16. The largest absolute Gasteiger partial charge is 0.456 e. The summed E-state index contributed by atoms with van der Waals surface area (Å²) in [4.78, 5) is 2.43. The van der Waals surface area contributed by atoms with Crippen LogP contribution < -0.4 is 4.90 Å². The quantitative estimate of drug-likeness (QED) is 0.167. The van der Waals surface area contributed by atoms with Crippen molar-refractivity contribution in [3.8, 4) is 39.1 Å². The molecular weight excluding hydrogens is 777 g/mol. The van der Waals surface area contributed by atoms with E-state index in [0.717, 1.165) is 55.8 Å². The van der Waals surface area contributed by atoms with Gasteiger partial charge < -0.3 is 13.9 Å². The molecule has 0 N–H and O–H groups in total. The van der Waals surface area contributed by atoms with Crippen LogP contribution >= 0.6 is 0 Å². The lowest BCUT2D eigenvalue weighted by Gasteiger charge is -2.29. The van der Waals surface area contributed by atoms with Crippen LogP contribution in [0.4, 0.5) is 17.1 Å². The second kappa shape index (κ2) is 13.9. The zero-order chi connectivity index (χ0) is 42.5. The van der Waals surface area contributed by atoms with Crippen molar-refractivity contribution in [2.45, 2.75) is 19.3 Å². The molecule has 12 aromatic rings. The molecule has 3 nitrogen and oxygen atoms in total. The number of hydrogen-bond donors (Lipinski definition) is 0. The van der Waals surface area contributed by atoms with Gasteiger partial charge in [0.15, 0.2) is 0 Å². The Morgan fingerprint density at radius 1 is 0.406 bits per heavy atom. The Balaban J connectivity index is 0.993. The van der Waals surface area contributed by atoms with Gasteiger partial charge in [-0.2, -0.15) is 0 Å².